The zero-order chi connectivity index (χ0) is 13.5. The van der Waals surface area contributed by atoms with Crippen LogP contribution in [0.1, 0.15) is 41.6 Å². The SMILES string of the molecule is CC.CC(C)(C)C(=O)[C@@H](N)Cc1cccnc1.[HH]. The molecular weight excluding hydrogens is 212 g/mol. The predicted octanol–water partition coefficient (Wildman–Crippen LogP) is 2.84. The van der Waals surface area contributed by atoms with E-state index in [0.29, 0.717) is 6.42 Å². The molecule has 0 fully saturated rings. The molecule has 0 aromatic carbocycles. The summed E-state index contributed by atoms with van der Waals surface area (Å²) in [7, 11) is 0. The molecule has 0 saturated carbocycles. The van der Waals surface area contributed by atoms with Gasteiger partial charge in [0.15, 0.2) is 5.78 Å². The second-order valence-electron chi connectivity index (χ2n) is 4.79. The van der Waals surface area contributed by atoms with E-state index >= 15 is 0 Å². The van der Waals surface area contributed by atoms with Gasteiger partial charge >= 0.3 is 0 Å². The van der Waals surface area contributed by atoms with Crippen molar-refractivity contribution in [3.05, 3.63) is 30.1 Å². The molecular formula is C14H26N2O. The molecule has 2 N–H and O–H groups in total. The van der Waals surface area contributed by atoms with Crippen molar-refractivity contribution in [1.82, 2.24) is 4.98 Å². The Hall–Kier alpha value is -1.22. The van der Waals surface area contributed by atoms with E-state index in [0.717, 1.165) is 5.56 Å². The maximum absolute atomic E-state index is 11.8. The highest BCUT2D eigenvalue weighted by molar-refractivity contribution is 5.88. The first-order valence-electron chi connectivity index (χ1n) is 6.10. The van der Waals surface area contributed by atoms with E-state index in [4.69, 9.17) is 5.73 Å². The molecule has 1 heterocycles. The molecule has 3 nitrogen and oxygen atoms in total. The third kappa shape index (κ3) is 5.59. The van der Waals surface area contributed by atoms with Gasteiger partial charge in [-0.3, -0.25) is 9.78 Å². The average molecular weight is 238 g/mol. The zero-order valence-electron chi connectivity index (χ0n) is 11.5. The maximum Gasteiger partial charge on any atom is 0.155 e. The standard InChI is InChI=1S/C12H18N2O.C2H6.H2/c1-12(2,3)11(15)10(13)7-9-5-4-6-14-8-9;1-2;/h4-6,8,10H,7,13H2,1-3H3;1-2H3;1H/t10-;;/m0../s1. The third-order valence-corrected chi connectivity index (χ3v) is 2.25. The summed E-state index contributed by atoms with van der Waals surface area (Å²) >= 11 is 0. The molecule has 1 atom stereocenters. The Kier molecular flexibility index (Phi) is 6.66. The quantitative estimate of drug-likeness (QED) is 0.881. The Bertz CT molecular complexity index is 333. The molecule has 0 aliphatic heterocycles. The number of nitrogens with two attached hydrogens (primary N) is 1. The van der Waals surface area contributed by atoms with Crippen LogP contribution in [0.15, 0.2) is 24.5 Å². The van der Waals surface area contributed by atoms with E-state index in [-0.39, 0.29) is 12.6 Å². The first-order valence-corrected chi connectivity index (χ1v) is 6.10. The van der Waals surface area contributed by atoms with E-state index < -0.39 is 6.04 Å². The van der Waals surface area contributed by atoms with Gasteiger partial charge in [0.1, 0.15) is 0 Å². The molecule has 0 aliphatic rings. The minimum absolute atomic E-state index is 0. The summed E-state index contributed by atoms with van der Waals surface area (Å²) < 4.78 is 0. The monoisotopic (exact) mass is 238 g/mol. The zero-order valence-corrected chi connectivity index (χ0v) is 11.5. The highest BCUT2D eigenvalue weighted by Crippen LogP contribution is 2.17. The number of hydrogen-bond donors (Lipinski definition) is 1. The highest BCUT2D eigenvalue weighted by atomic mass is 16.1. The van der Waals surface area contributed by atoms with Crippen molar-refractivity contribution in [2.45, 2.75) is 47.1 Å². The molecule has 17 heavy (non-hydrogen) atoms. The van der Waals surface area contributed by atoms with Crippen LogP contribution in [0, 0.1) is 5.41 Å². The summed E-state index contributed by atoms with van der Waals surface area (Å²) in [6.45, 7) is 9.66. The fraction of sp³-hybridized carbons (Fsp3) is 0.571. The number of hydrogen-bond acceptors (Lipinski definition) is 3. The van der Waals surface area contributed by atoms with E-state index in [9.17, 15) is 4.79 Å². The van der Waals surface area contributed by atoms with E-state index in [2.05, 4.69) is 4.98 Å². The van der Waals surface area contributed by atoms with Crippen LogP contribution in [0.5, 0.6) is 0 Å². The maximum atomic E-state index is 11.8. The number of Topliss-reactive ketones (excluding diaryl/α,β-unsaturated/α-hetero) is 1. The third-order valence-electron chi connectivity index (χ3n) is 2.25. The minimum atomic E-state index is -0.436. The Morgan fingerprint density at radius 1 is 1.47 bits per heavy atom. The van der Waals surface area contributed by atoms with Crippen LogP contribution in [-0.4, -0.2) is 16.8 Å². The predicted molar refractivity (Wildman–Crippen MR) is 73.8 cm³/mol. The lowest BCUT2D eigenvalue weighted by molar-refractivity contribution is -0.127. The van der Waals surface area contributed by atoms with E-state index in [1.807, 2.05) is 46.8 Å². The van der Waals surface area contributed by atoms with Crippen molar-refractivity contribution >= 4 is 5.78 Å². The topological polar surface area (TPSA) is 56.0 Å². The summed E-state index contributed by atoms with van der Waals surface area (Å²) in [4.78, 5) is 15.8. The van der Waals surface area contributed by atoms with Crippen LogP contribution in [0.25, 0.3) is 0 Å². The molecule has 1 rings (SSSR count). The molecule has 0 radical (unpaired) electrons. The van der Waals surface area contributed by atoms with Gasteiger partial charge in [0, 0.05) is 19.2 Å². The van der Waals surface area contributed by atoms with Crippen LogP contribution in [0.3, 0.4) is 0 Å². The molecule has 3 heteroatoms. The Morgan fingerprint density at radius 3 is 2.47 bits per heavy atom. The second-order valence-corrected chi connectivity index (χ2v) is 4.79. The Labute approximate surface area is 106 Å². The second kappa shape index (κ2) is 7.17. The lowest BCUT2D eigenvalue weighted by Crippen LogP contribution is -2.40. The fourth-order valence-electron chi connectivity index (χ4n) is 1.42. The molecule has 0 spiro atoms. The molecule has 0 saturated heterocycles. The lowest BCUT2D eigenvalue weighted by Gasteiger charge is -2.21. The van der Waals surface area contributed by atoms with Crippen molar-refractivity contribution in [3.63, 3.8) is 0 Å². The van der Waals surface area contributed by atoms with Gasteiger partial charge in [-0.2, -0.15) is 0 Å². The van der Waals surface area contributed by atoms with Gasteiger partial charge in [-0.15, -0.1) is 0 Å². The van der Waals surface area contributed by atoms with Crippen molar-refractivity contribution in [1.29, 1.82) is 0 Å². The van der Waals surface area contributed by atoms with E-state index in [1.54, 1.807) is 12.4 Å². The smallest absolute Gasteiger partial charge is 0.155 e. The van der Waals surface area contributed by atoms with Gasteiger partial charge in [-0.05, 0) is 18.1 Å². The fourth-order valence-corrected chi connectivity index (χ4v) is 1.42. The number of carbonyl (C=O) groups excluding carboxylic acids is 1. The molecule has 0 aliphatic carbocycles. The van der Waals surface area contributed by atoms with Gasteiger partial charge < -0.3 is 5.73 Å². The van der Waals surface area contributed by atoms with Crippen LogP contribution in [0.2, 0.25) is 0 Å². The number of aromatic nitrogens is 1. The van der Waals surface area contributed by atoms with Gasteiger partial charge in [-0.1, -0.05) is 40.7 Å². The molecule has 0 bridgehead atoms. The number of ketones is 1. The van der Waals surface area contributed by atoms with Crippen molar-refractivity contribution in [2.24, 2.45) is 11.1 Å². The molecule has 98 valence electrons. The summed E-state index contributed by atoms with van der Waals surface area (Å²) in [5.41, 5.74) is 6.49. The minimum Gasteiger partial charge on any atom is -0.321 e. The largest absolute Gasteiger partial charge is 0.321 e. The first kappa shape index (κ1) is 15.8. The highest BCUT2D eigenvalue weighted by Gasteiger charge is 2.26. The lowest BCUT2D eigenvalue weighted by atomic mass is 9.85. The van der Waals surface area contributed by atoms with Gasteiger partial charge in [0.25, 0.3) is 0 Å². The number of rotatable bonds is 3. The van der Waals surface area contributed by atoms with Crippen molar-refractivity contribution < 1.29 is 6.22 Å². The Balaban J connectivity index is 0. The van der Waals surface area contributed by atoms with Gasteiger partial charge in [-0.25, -0.2) is 0 Å². The summed E-state index contributed by atoms with van der Waals surface area (Å²) in [6.07, 6.45) is 4.01. The first-order chi connectivity index (χ1) is 7.91. The van der Waals surface area contributed by atoms with Crippen molar-refractivity contribution in [3.8, 4) is 0 Å². The number of pyridine rings is 1. The van der Waals surface area contributed by atoms with E-state index in [1.165, 1.54) is 0 Å². The Morgan fingerprint density at radius 2 is 2.06 bits per heavy atom. The summed E-state index contributed by atoms with van der Waals surface area (Å²) in [5, 5.41) is 0. The normalized spacial score (nSPS) is 12.4. The summed E-state index contributed by atoms with van der Waals surface area (Å²) in [5.74, 6) is 0.0892. The average Bonchev–Trinajstić information content (AvgIpc) is 2.30. The molecule has 0 amide bonds. The molecule has 1 aromatic heterocycles. The van der Waals surface area contributed by atoms with Crippen LogP contribution in [0.4, 0.5) is 0 Å². The van der Waals surface area contributed by atoms with Crippen molar-refractivity contribution in [2.75, 3.05) is 0 Å². The van der Waals surface area contributed by atoms with Crippen LogP contribution in [-0.2, 0) is 11.2 Å². The molecule has 0 unspecified atom stereocenters. The van der Waals surface area contributed by atoms with Crippen LogP contribution >= 0.6 is 0 Å². The molecule has 1 aromatic rings. The van der Waals surface area contributed by atoms with Gasteiger partial charge in [0.2, 0.25) is 0 Å². The number of nitrogens with zero attached hydrogens (tertiary/aromatic N) is 1. The number of carbonyl (C=O) groups is 1. The van der Waals surface area contributed by atoms with Crippen LogP contribution < -0.4 is 5.73 Å². The summed E-state index contributed by atoms with van der Waals surface area (Å²) in [6, 6.07) is 3.35. The van der Waals surface area contributed by atoms with Gasteiger partial charge in [0.05, 0.1) is 6.04 Å².